The van der Waals surface area contributed by atoms with Crippen LogP contribution in [0.1, 0.15) is 26.7 Å². The molecule has 3 rings (SSSR count). The molecule has 8 atom stereocenters. The number of alkyl halides is 2. The maximum atomic E-state index is 13.5. The highest BCUT2D eigenvalue weighted by Gasteiger charge is 2.65. The van der Waals surface area contributed by atoms with E-state index in [4.69, 9.17) is 33.0 Å². The topological polar surface area (TPSA) is 170 Å². The van der Waals surface area contributed by atoms with Gasteiger partial charge in [-0.15, -0.1) is 0 Å². The number of hydrogen-bond donors (Lipinski definition) is 1. The summed E-state index contributed by atoms with van der Waals surface area (Å²) in [5, 5.41) is -4.73. The van der Waals surface area contributed by atoms with Crippen molar-refractivity contribution in [3.8, 4) is 0 Å². The van der Waals surface area contributed by atoms with Gasteiger partial charge in [0.25, 0.3) is 0 Å². The Balaban J connectivity index is 1.59. The predicted octanol–water partition coefficient (Wildman–Crippen LogP) is 0.0126. The number of carbonyl (C=O) groups is 3. The molecule has 0 amide bonds. The monoisotopic (exact) mass is 532 g/mol. The molecule has 16 heteroatoms. The molecular formula is C19H26F2O13S. The van der Waals surface area contributed by atoms with Crippen molar-refractivity contribution in [3.05, 3.63) is 0 Å². The normalized spacial score (nSPS) is 31.8. The summed E-state index contributed by atoms with van der Waals surface area (Å²) in [6, 6.07) is 0. The van der Waals surface area contributed by atoms with E-state index in [0.29, 0.717) is 6.92 Å². The van der Waals surface area contributed by atoms with Gasteiger partial charge in [0, 0.05) is 13.0 Å². The highest BCUT2D eigenvalue weighted by Crippen LogP contribution is 2.48. The molecule has 3 fully saturated rings. The summed E-state index contributed by atoms with van der Waals surface area (Å²) >= 11 is 0. The van der Waals surface area contributed by atoms with E-state index in [-0.39, 0.29) is 13.4 Å². The number of fused-ring (bicyclic) bond motifs is 1. The molecule has 0 saturated carbocycles. The molecule has 13 nitrogen and oxygen atoms in total. The third-order valence-corrected chi connectivity index (χ3v) is 7.01. The first-order chi connectivity index (χ1) is 16.3. The first-order valence-electron chi connectivity index (χ1n) is 10.6. The molecule has 2 bridgehead atoms. The van der Waals surface area contributed by atoms with Crippen LogP contribution >= 0.6 is 0 Å². The molecule has 3 saturated heterocycles. The van der Waals surface area contributed by atoms with Crippen LogP contribution < -0.4 is 0 Å². The van der Waals surface area contributed by atoms with Gasteiger partial charge in [-0.3, -0.25) is 18.9 Å². The lowest BCUT2D eigenvalue weighted by atomic mass is 9.76. The average molecular weight is 532 g/mol. The second-order valence-electron chi connectivity index (χ2n) is 8.24. The molecule has 200 valence electrons. The predicted molar refractivity (Wildman–Crippen MR) is 105 cm³/mol. The third kappa shape index (κ3) is 5.72. The molecule has 8 unspecified atom stereocenters. The van der Waals surface area contributed by atoms with E-state index in [0.717, 1.165) is 0 Å². The zero-order valence-electron chi connectivity index (χ0n) is 19.0. The lowest BCUT2D eigenvalue weighted by Gasteiger charge is -2.33. The van der Waals surface area contributed by atoms with Gasteiger partial charge in [0.1, 0.15) is 19.0 Å². The highest BCUT2D eigenvalue weighted by molar-refractivity contribution is 7.86. The molecule has 3 heterocycles. The Labute approximate surface area is 199 Å². The Morgan fingerprint density at radius 1 is 1.09 bits per heavy atom. The molecule has 3 aliphatic rings. The summed E-state index contributed by atoms with van der Waals surface area (Å²) in [5.74, 6) is -4.17. The lowest BCUT2D eigenvalue weighted by molar-refractivity contribution is -0.184. The fraction of sp³-hybridized carbons (Fsp3) is 0.842. The van der Waals surface area contributed by atoms with E-state index in [1.165, 1.54) is 14.0 Å². The Morgan fingerprint density at radius 3 is 2.37 bits per heavy atom. The van der Waals surface area contributed by atoms with Crippen LogP contribution in [0.5, 0.6) is 0 Å². The van der Waals surface area contributed by atoms with Gasteiger partial charge in [0.05, 0.1) is 31.5 Å². The maximum Gasteiger partial charge on any atom is 0.405 e. The highest BCUT2D eigenvalue weighted by atomic mass is 32.2. The van der Waals surface area contributed by atoms with E-state index in [9.17, 15) is 31.6 Å². The zero-order chi connectivity index (χ0) is 26.1. The van der Waals surface area contributed by atoms with E-state index in [1.807, 2.05) is 0 Å². The maximum absolute atomic E-state index is 13.5. The summed E-state index contributed by atoms with van der Waals surface area (Å²) in [7, 11) is -4.46. The molecule has 0 aromatic carbocycles. The number of halogens is 2. The SMILES string of the molecule is COC(C)OC(=O)C1C2COCOC3C2OC1C3OC(=O)CCC(=O)OC(C)C(F)(F)S(=O)(=O)O. The molecule has 0 aromatic heterocycles. The van der Waals surface area contributed by atoms with Crippen molar-refractivity contribution in [1.82, 2.24) is 0 Å². The van der Waals surface area contributed by atoms with Gasteiger partial charge in [-0.25, -0.2) is 0 Å². The van der Waals surface area contributed by atoms with E-state index >= 15 is 0 Å². The van der Waals surface area contributed by atoms with Crippen LogP contribution in [-0.2, 0) is 57.7 Å². The van der Waals surface area contributed by atoms with Gasteiger partial charge >= 0.3 is 33.3 Å². The van der Waals surface area contributed by atoms with Crippen LogP contribution in [0.3, 0.4) is 0 Å². The van der Waals surface area contributed by atoms with Crippen molar-refractivity contribution >= 4 is 28.0 Å². The first-order valence-corrected chi connectivity index (χ1v) is 12.0. The first kappa shape index (κ1) is 27.6. The van der Waals surface area contributed by atoms with E-state index in [2.05, 4.69) is 4.74 Å². The molecule has 35 heavy (non-hydrogen) atoms. The summed E-state index contributed by atoms with van der Waals surface area (Å²) in [4.78, 5) is 36.9. The van der Waals surface area contributed by atoms with E-state index < -0.39 is 94.8 Å². The number of esters is 3. The summed E-state index contributed by atoms with van der Waals surface area (Å²) in [6.07, 6.45) is -8.00. The minimum Gasteiger partial charge on any atom is -0.457 e. The molecule has 0 aromatic rings. The van der Waals surface area contributed by atoms with Crippen molar-refractivity contribution in [1.29, 1.82) is 0 Å². The Kier molecular flexibility index (Phi) is 8.33. The van der Waals surface area contributed by atoms with Crippen LogP contribution in [0.15, 0.2) is 0 Å². The summed E-state index contributed by atoms with van der Waals surface area (Å²) in [6.45, 7) is 2.11. The smallest absolute Gasteiger partial charge is 0.405 e. The molecule has 0 spiro atoms. The van der Waals surface area contributed by atoms with Crippen molar-refractivity contribution in [3.63, 3.8) is 0 Å². The minimum atomic E-state index is -5.82. The third-order valence-electron chi connectivity index (χ3n) is 5.99. The number of methoxy groups -OCH3 is 1. The number of carbonyl (C=O) groups excluding carboxylic acids is 3. The number of hydrogen-bond acceptors (Lipinski definition) is 12. The van der Waals surface area contributed by atoms with Gasteiger partial charge in [-0.2, -0.15) is 17.2 Å². The largest absolute Gasteiger partial charge is 0.457 e. The van der Waals surface area contributed by atoms with Crippen molar-refractivity contribution in [2.75, 3.05) is 20.5 Å². The van der Waals surface area contributed by atoms with Gasteiger partial charge in [0.15, 0.2) is 18.5 Å². The van der Waals surface area contributed by atoms with Gasteiger partial charge in [0.2, 0.25) is 0 Å². The van der Waals surface area contributed by atoms with Crippen LogP contribution in [0.4, 0.5) is 8.78 Å². The van der Waals surface area contributed by atoms with E-state index in [1.54, 1.807) is 0 Å². The quantitative estimate of drug-likeness (QED) is 0.173. The number of rotatable bonds is 10. The van der Waals surface area contributed by atoms with Crippen LogP contribution in [-0.4, -0.2) is 93.5 Å². The zero-order valence-corrected chi connectivity index (χ0v) is 19.8. The van der Waals surface area contributed by atoms with Gasteiger partial charge < -0.3 is 33.2 Å². The summed E-state index contributed by atoms with van der Waals surface area (Å²) in [5.41, 5.74) is 0. The minimum absolute atomic E-state index is 0.135. The Hall–Kier alpha value is -1.98. The number of ether oxygens (including phenoxy) is 7. The van der Waals surface area contributed by atoms with Gasteiger partial charge in [-0.1, -0.05) is 0 Å². The standard InChI is InChI=1S/C19H26F2O13S/c1-8(19(20,21)35(25,26)27)31-11(22)4-5-12(23)33-17-15-13(18(24)32-9(2)28-3)10-6-29-7-30-16(17)14(10)34-15/h8-10,13-17H,4-7H2,1-3H3,(H,25,26,27). The van der Waals surface area contributed by atoms with Crippen LogP contribution in [0.25, 0.3) is 0 Å². The van der Waals surface area contributed by atoms with Crippen molar-refractivity contribution in [2.24, 2.45) is 11.8 Å². The average Bonchev–Trinajstić information content (AvgIpc) is 3.25. The van der Waals surface area contributed by atoms with Crippen molar-refractivity contribution < 1.29 is 69.3 Å². The molecule has 0 aliphatic carbocycles. The second kappa shape index (κ2) is 10.6. The fourth-order valence-corrected chi connectivity index (χ4v) is 4.64. The fourth-order valence-electron chi connectivity index (χ4n) is 4.17. The molecule has 0 radical (unpaired) electrons. The van der Waals surface area contributed by atoms with Crippen LogP contribution in [0, 0.1) is 11.8 Å². The van der Waals surface area contributed by atoms with Gasteiger partial charge in [-0.05, 0) is 13.8 Å². The lowest BCUT2D eigenvalue weighted by Crippen LogP contribution is -2.52. The molecule has 3 aliphatic heterocycles. The molecule has 1 N–H and O–H groups in total. The Bertz CT molecular complexity index is 926. The van der Waals surface area contributed by atoms with Crippen LogP contribution in [0.2, 0.25) is 0 Å². The molecular weight excluding hydrogens is 506 g/mol. The Morgan fingerprint density at radius 2 is 1.74 bits per heavy atom. The second-order valence-corrected chi connectivity index (χ2v) is 9.73. The summed E-state index contributed by atoms with van der Waals surface area (Å²) < 4.78 is 93.7. The van der Waals surface area contributed by atoms with Crippen molar-refractivity contribution in [2.45, 2.75) is 68.8 Å².